The largest absolute Gasteiger partial charge is 0.497 e. The lowest BCUT2D eigenvalue weighted by Gasteiger charge is -2.15. The third-order valence-corrected chi connectivity index (χ3v) is 5.72. The van der Waals surface area contributed by atoms with E-state index >= 15 is 0 Å². The number of carbonyl (C=O) groups is 1. The van der Waals surface area contributed by atoms with Gasteiger partial charge in [-0.15, -0.1) is 11.3 Å². The smallest absolute Gasteiger partial charge is 0.274 e. The number of hydrogen-bond acceptors (Lipinski definition) is 5. The van der Waals surface area contributed by atoms with Crippen LogP contribution >= 0.6 is 11.3 Å². The molecule has 7 heteroatoms. The van der Waals surface area contributed by atoms with Gasteiger partial charge in [0.15, 0.2) is 5.13 Å². The van der Waals surface area contributed by atoms with Crippen LogP contribution in [-0.2, 0) is 19.9 Å². The van der Waals surface area contributed by atoms with E-state index in [9.17, 15) is 4.79 Å². The molecule has 0 radical (unpaired) electrons. The number of amides is 1. The summed E-state index contributed by atoms with van der Waals surface area (Å²) >= 11 is 1.53. The maximum atomic E-state index is 12.7. The molecule has 3 aromatic rings. The van der Waals surface area contributed by atoms with Crippen molar-refractivity contribution in [1.82, 2.24) is 9.55 Å². The summed E-state index contributed by atoms with van der Waals surface area (Å²) in [6, 6.07) is 7.85. The summed E-state index contributed by atoms with van der Waals surface area (Å²) in [6.45, 7) is 0. The van der Waals surface area contributed by atoms with Gasteiger partial charge in [0.05, 0.1) is 18.3 Å². The first kappa shape index (κ1) is 16.1. The van der Waals surface area contributed by atoms with E-state index < -0.39 is 0 Å². The van der Waals surface area contributed by atoms with Gasteiger partial charge in [0.2, 0.25) is 0 Å². The summed E-state index contributed by atoms with van der Waals surface area (Å²) < 4.78 is 7.14. The van der Waals surface area contributed by atoms with Gasteiger partial charge in [-0.25, -0.2) is 4.98 Å². The van der Waals surface area contributed by atoms with Crippen molar-refractivity contribution in [2.75, 3.05) is 12.4 Å². The molecule has 0 saturated carbocycles. The lowest BCUT2D eigenvalue weighted by atomic mass is 9.99. The molecule has 6 nitrogen and oxygen atoms in total. The van der Waals surface area contributed by atoms with Crippen LogP contribution in [0.5, 0.6) is 5.75 Å². The number of hydrogen-bond donors (Lipinski definition) is 2. The number of rotatable bonds is 3. The minimum absolute atomic E-state index is 0.159. The van der Waals surface area contributed by atoms with Crippen LogP contribution in [0.1, 0.15) is 27.5 Å². The molecule has 1 atom stereocenters. The van der Waals surface area contributed by atoms with Crippen molar-refractivity contribution in [2.45, 2.75) is 25.3 Å². The molecule has 4 rings (SSSR count). The number of aryl methyl sites for hydroxylation is 2. The third kappa shape index (κ3) is 2.89. The molecule has 0 unspecified atom stereocenters. The highest BCUT2D eigenvalue weighted by Crippen LogP contribution is 2.30. The fraction of sp³-hybridized carbons (Fsp3) is 0.333. The molecular weight excluding hydrogens is 336 g/mol. The van der Waals surface area contributed by atoms with E-state index in [2.05, 4.69) is 10.3 Å². The zero-order valence-corrected chi connectivity index (χ0v) is 15.0. The molecule has 3 N–H and O–H groups in total. The SMILES string of the molecule is COc1ccc2cc(C(=O)Nc3nc4c(s3)C[C@@H](N)CC4)n(C)c2c1. The molecule has 1 amide bonds. The Kier molecular flexibility index (Phi) is 3.97. The second-order valence-electron chi connectivity index (χ2n) is 6.36. The van der Waals surface area contributed by atoms with Gasteiger partial charge in [-0.3, -0.25) is 10.1 Å². The van der Waals surface area contributed by atoms with Crippen molar-refractivity contribution >= 4 is 33.3 Å². The van der Waals surface area contributed by atoms with Gasteiger partial charge >= 0.3 is 0 Å². The van der Waals surface area contributed by atoms with Crippen LogP contribution in [0, 0.1) is 0 Å². The highest BCUT2D eigenvalue weighted by Gasteiger charge is 2.22. The Balaban J connectivity index is 1.61. The van der Waals surface area contributed by atoms with E-state index in [0.29, 0.717) is 10.8 Å². The van der Waals surface area contributed by atoms with Crippen LogP contribution in [0.4, 0.5) is 5.13 Å². The van der Waals surface area contributed by atoms with E-state index in [-0.39, 0.29) is 11.9 Å². The number of anilines is 1. The third-order valence-electron chi connectivity index (χ3n) is 4.68. The van der Waals surface area contributed by atoms with Crippen LogP contribution in [0.3, 0.4) is 0 Å². The van der Waals surface area contributed by atoms with Crippen LogP contribution in [0.2, 0.25) is 0 Å². The quantitative estimate of drug-likeness (QED) is 0.756. The number of methoxy groups -OCH3 is 1. The minimum atomic E-state index is -0.159. The molecule has 2 heterocycles. The maximum Gasteiger partial charge on any atom is 0.274 e. The molecule has 1 aliphatic carbocycles. The van der Waals surface area contributed by atoms with E-state index in [1.807, 2.05) is 35.9 Å². The number of nitrogens with zero attached hydrogens (tertiary/aromatic N) is 2. The highest BCUT2D eigenvalue weighted by molar-refractivity contribution is 7.15. The van der Waals surface area contributed by atoms with Gasteiger partial charge < -0.3 is 15.0 Å². The number of aromatic nitrogens is 2. The molecule has 25 heavy (non-hydrogen) atoms. The first-order valence-electron chi connectivity index (χ1n) is 8.24. The average molecular weight is 356 g/mol. The molecule has 2 aromatic heterocycles. The van der Waals surface area contributed by atoms with Gasteiger partial charge in [0.1, 0.15) is 11.4 Å². The maximum absolute atomic E-state index is 12.7. The molecule has 0 spiro atoms. The van der Waals surface area contributed by atoms with Crippen molar-refractivity contribution < 1.29 is 9.53 Å². The summed E-state index contributed by atoms with van der Waals surface area (Å²) in [6.07, 6.45) is 2.68. The van der Waals surface area contributed by atoms with Crippen LogP contribution in [0.25, 0.3) is 10.9 Å². The van der Waals surface area contributed by atoms with E-state index in [0.717, 1.165) is 41.6 Å². The van der Waals surface area contributed by atoms with E-state index in [4.69, 9.17) is 10.5 Å². The minimum Gasteiger partial charge on any atom is -0.497 e. The number of nitrogens with one attached hydrogen (secondary N) is 1. The zero-order valence-electron chi connectivity index (χ0n) is 14.2. The molecule has 1 aromatic carbocycles. The standard InChI is InChI=1S/C18H20N4O2S/c1-22-14-9-12(24-2)5-3-10(14)7-15(22)17(23)21-18-20-13-6-4-11(19)8-16(13)25-18/h3,5,7,9,11H,4,6,8,19H2,1-2H3,(H,20,21,23)/t11-/m0/s1. The lowest BCUT2D eigenvalue weighted by Crippen LogP contribution is -2.27. The van der Waals surface area contributed by atoms with Crippen molar-refractivity contribution in [3.8, 4) is 5.75 Å². The molecule has 1 aliphatic rings. The Morgan fingerprint density at radius 2 is 2.28 bits per heavy atom. The number of carbonyl (C=O) groups excluding carboxylic acids is 1. The Morgan fingerprint density at radius 3 is 3.08 bits per heavy atom. The highest BCUT2D eigenvalue weighted by atomic mass is 32.1. The van der Waals surface area contributed by atoms with E-state index in [1.54, 1.807) is 7.11 Å². The number of ether oxygens (including phenoxy) is 1. The average Bonchev–Trinajstić information content (AvgIpc) is 3.14. The fourth-order valence-corrected chi connectivity index (χ4v) is 4.37. The second kappa shape index (κ2) is 6.16. The number of nitrogens with two attached hydrogens (primary N) is 1. The molecule has 130 valence electrons. The fourth-order valence-electron chi connectivity index (χ4n) is 3.27. The Bertz CT molecular complexity index is 960. The normalized spacial score (nSPS) is 16.7. The predicted octanol–water partition coefficient (Wildman–Crippen LogP) is 2.71. The van der Waals surface area contributed by atoms with Gasteiger partial charge in [0.25, 0.3) is 5.91 Å². The first-order chi connectivity index (χ1) is 12.0. The van der Waals surface area contributed by atoms with Crippen LogP contribution in [0.15, 0.2) is 24.3 Å². The van der Waals surface area contributed by atoms with Crippen molar-refractivity contribution in [3.63, 3.8) is 0 Å². The summed E-state index contributed by atoms with van der Waals surface area (Å²) in [4.78, 5) is 18.5. The molecule has 0 aliphatic heterocycles. The van der Waals surface area contributed by atoms with Crippen LogP contribution in [-0.4, -0.2) is 28.6 Å². The van der Waals surface area contributed by atoms with Crippen molar-refractivity contribution in [3.05, 3.63) is 40.5 Å². The topological polar surface area (TPSA) is 82.2 Å². The Hall–Kier alpha value is -2.38. The number of fused-ring (bicyclic) bond motifs is 2. The van der Waals surface area contributed by atoms with Gasteiger partial charge in [-0.05, 0) is 37.5 Å². The van der Waals surface area contributed by atoms with Crippen LogP contribution < -0.4 is 15.8 Å². The summed E-state index contributed by atoms with van der Waals surface area (Å²) in [5.74, 6) is 0.609. The predicted molar refractivity (Wildman–Crippen MR) is 99.5 cm³/mol. The van der Waals surface area contributed by atoms with Gasteiger partial charge in [0, 0.05) is 29.4 Å². The van der Waals surface area contributed by atoms with Crippen molar-refractivity contribution in [2.24, 2.45) is 12.8 Å². The monoisotopic (exact) mass is 356 g/mol. The van der Waals surface area contributed by atoms with Gasteiger partial charge in [-0.2, -0.15) is 0 Å². The number of benzene rings is 1. The molecule has 0 bridgehead atoms. The molecular formula is C18H20N4O2S. The second-order valence-corrected chi connectivity index (χ2v) is 7.44. The lowest BCUT2D eigenvalue weighted by molar-refractivity contribution is 0.101. The summed E-state index contributed by atoms with van der Waals surface area (Å²) in [7, 11) is 3.51. The van der Waals surface area contributed by atoms with E-state index in [1.165, 1.54) is 16.2 Å². The first-order valence-corrected chi connectivity index (χ1v) is 9.06. The van der Waals surface area contributed by atoms with Crippen molar-refractivity contribution in [1.29, 1.82) is 0 Å². The van der Waals surface area contributed by atoms with Gasteiger partial charge in [-0.1, -0.05) is 0 Å². The number of thiazole rings is 1. The molecule has 0 saturated heterocycles. The Morgan fingerprint density at radius 1 is 1.44 bits per heavy atom. The summed E-state index contributed by atoms with van der Waals surface area (Å²) in [5, 5.41) is 4.58. The zero-order chi connectivity index (χ0) is 17.6. The molecule has 0 fully saturated rings. The Labute approximate surface area is 149 Å². The summed E-state index contributed by atoms with van der Waals surface area (Å²) in [5.41, 5.74) is 8.63.